The van der Waals surface area contributed by atoms with Gasteiger partial charge in [0.25, 0.3) is 0 Å². The summed E-state index contributed by atoms with van der Waals surface area (Å²) in [5, 5.41) is 0. The molecule has 2 aromatic rings. The molecule has 0 radical (unpaired) electrons. The van der Waals surface area contributed by atoms with Gasteiger partial charge in [-0.25, -0.2) is 4.79 Å². The second kappa shape index (κ2) is 7.26. The van der Waals surface area contributed by atoms with Crippen molar-refractivity contribution in [3.05, 3.63) is 65.7 Å². The first kappa shape index (κ1) is 17.0. The molecule has 0 aromatic heterocycles. The van der Waals surface area contributed by atoms with E-state index in [2.05, 4.69) is 4.18 Å². The van der Waals surface area contributed by atoms with Gasteiger partial charge in [-0.2, -0.15) is 8.42 Å². The molecule has 6 nitrogen and oxygen atoms in total. The number of nitrogens with two attached hydrogens (primary N) is 2. The molecule has 0 saturated heterocycles. The lowest BCUT2D eigenvalue weighted by Gasteiger charge is -2.11. The summed E-state index contributed by atoms with van der Waals surface area (Å²) in [5.41, 5.74) is 13.2. The van der Waals surface area contributed by atoms with Gasteiger partial charge in [0.2, 0.25) is 0 Å². The topological polar surface area (TPSA) is 112 Å². The average molecular weight is 334 g/mol. The molecule has 0 bridgehead atoms. The van der Waals surface area contributed by atoms with Crippen molar-refractivity contribution in [2.75, 3.05) is 5.73 Å². The third-order valence-corrected chi connectivity index (χ3v) is 4.24. The van der Waals surface area contributed by atoms with Crippen LogP contribution in [0.4, 0.5) is 5.69 Å². The van der Waals surface area contributed by atoms with E-state index < -0.39 is 22.1 Å². The van der Waals surface area contributed by atoms with E-state index in [4.69, 9.17) is 11.5 Å². The zero-order chi connectivity index (χ0) is 16.9. The van der Waals surface area contributed by atoms with E-state index in [1.165, 1.54) is 0 Å². The van der Waals surface area contributed by atoms with Crippen LogP contribution in [0.5, 0.6) is 0 Å². The number of carbonyl (C=O) groups excluding carboxylic acids is 1. The van der Waals surface area contributed by atoms with Gasteiger partial charge in [-0.15, -0.1) is 0 Å². The highest BCUT2D eigenvalue weighted by molar-refractivity contribution is 7.86. The van der Waals surface area contributed by atoms with Crippen molar-refractivity contribution in [1.82, 2.24) is 0 Å². The van der Waals surface area contributed by atoms with Crippen molar-refractivity contribution < 1.29 is 17.4 Å². The van der Waals surface area contributed by atoms with Crippen LogP contribution in [-0.2, 0) is 31.3 Å². The van der Waals surface area contributed by atoms with Gasteiger partial charge in [0.15, 0.2) is 0 Å². The Labute approximate surface area is 135 Å². The van der Waals surface area contributed by atoms with Crippen molar-refractivity contribution in [1.29, 1.82) is 0 Å². The molecule has 0 saturated carbocycles. The maximum absolute atomic E-state index is 11.9. The van der Waals surface area contributed by atoms with Gasteiger partial charge in [0, 0.05) is 5.69 Å². The Balaban J connectivity index is 1.95. The molecule has 7 heteroatoms. The number of carbonyl (C=O) groups is 1. The van der Waals surface area contributed by atoms with Crippen molar-refractivity contribution in [3.8, 4) is 0 Å². The third kappa shape index (κ3) is 5.39. The summed E-state index contributed by atoms with van der Waals surface area (Å²) < 4.78 is 28.4. The third-order valence-electron chi connectivity index (χ3n) is 3.13. The standard InChI is InChI=1S/C16H18N2O4S/c17-14-8-6-12(7-9-14)10-15(18)16(19)22-23(20,21)11-13-4-2-1-3-5-13/h1-9,15H,10-11,17-18H2/t15-/m0/s1. The Hall–Kier alpha value is -2.38. The van der Waals surface area contributed by atoms with Crippen molar-refractivity contribution in [2.24, 2.45) is 5.73 Å². The minimum Gasteiger partial charge on any atom is -0.399 e. The van der Waals surface area contributed by atoms with E-state index in [9.17, 15) is 13.2 Å². The molecule has 4 N–H and O–H groups in total. The van der Waals surface area contributed by atoms with Gasteiger partial charge in [0.05, 0.1) is 0 Å². The number of rotatable bonds is 6. The normalized spacial score (nSPS) is 12.6. The average Bonchev–Trinajstić information content (AvgIpc) is 2.49. The summed E-state index contributed by atoms with van der Waals surface area (Å²) in [6.45, 7) is 0. The minimum absolute atomic E-state index is 0.167. The zero-order valence-electron chi connectivity index (χ0n) is 12.4. The van der Waals surface area contributed by atoms with Crippen LogP contribution in [0.3, 0.4) is 0 Å². The Kier molecular flexibility index (Phi) is 5.36. The highest BCUT2D eigenvalue weighted by Crippen LogP contribution is 2.11. The van der Waals surface area contributed by atoms with Crippen LogP contribution in [-0.4, -0.2) is 20.4 Å². The Morgan fingerprint density at radius 2 is 1.61 bits per heavy atom. The van der Waals surface area contributed by atoms with E-state index in [1.807, 2.05) is 0 Å². The van der Waals surface area contributed by atoms with Crippen LogP contribution in [0.15, 0.2) is 54.6 Å². The fourth-order valence-corrected chi connectivity index (χ4v) is 3.02. The van der Waals surface area contributed by atoms with Crippen molar-refractivity contribution in [2.45, 2.75) is 18.2 Å². The van der Waals surface area contributed by atoms with Crippen LogP contribution in [0.1, 0.15) is 11.1 Å². The molecule has 0 amide bonds. The van der Waals surface area contributed by atoms with Crippen LogP contribution in [0.25, 0.3) is 0 Å². The van der Waals surface area contributed by atoms with Crippen molar-refractivity contribution in [3.63, 3.8) is 0 Å². The Bertz CT molecular complexity index is 758. The van der Waals surface area contributed by atoms with Crippen LogP contribution in [0, 0.1) is 0 Å². The fourth-order valence-electron chi connectivity index (χ4n) is 1.99. The predicted molar refractivity (Wildman–Crippen MR) is 87.7 cm³/mol. The molecule has 0 heterocycles. The van der Waals surface area contributed by atoms with E-state index in [-0.39, 0.29) is 12.2 Å². The van der Waals surface area contributed by atoms with Gasteiger partial charge in [-0.3, -0.25) is 0 Å². The summed E-state index contributed by atoms with van der Waals surface area (Å²) in [5.74, 6) is -1.36. The summed E-state index contributed by atoms with van der Waals surface area (Å²) in [4.78, 5) is 11.9. The number of hydrogen-bond donors (Lipinski definition) is 2. The highest BCUT2D eigenvalue weighted by Gasteiger charge is 2.23. The second-order valence-corrected chi connectivity index (χ2v) is 6.71. The van der Waals surface area contributed by atoms with E-state index in [0.29, 0.717) is 11.3 Å². The largest absolute Gasteiger partial charge is 0.399 e. The van der Waals surface area contributed by atoms with E-state index >= 15 is 0 Å². The predicted octanol–water partition coefficient (Wildman–Crippen LogP) is 1.21. The molecule has 0 aliphatic carbocycles. The number of benzene rings is 2. The monoisotopic (exact) mass is 334 g/mol. The summed E-state index contributed by atoms with van der Waals surface area (Å²) >= 11 is 0. The number of nitrogen functional groups attached to an aromatic ring is 1. The molecule has 2 rings (SSSR count). The molecule has 23 heavy (non-hydrogen) atoms. The molecular weight excluding hydrogens is 316 g/mol. The molecule has 0 aliphatic rings. The maximum Gasteiger partial charge on any atom is 0.339 e. The van der Waals surface area contributed by atoms with Crippen LogP contribution >= 0.6 is 0 Å². The lowest BCUT2D eigenvalue weighted by atomic mass is 10.1. The lowest BCUT2D eigenvalue weighted by Crippen LogP contribution is -2.36. The first-order valence-corrected chi connectivity index (χ1v) is 8.53. The second-order valence-electron chi connectivity index (χ2n) is 5.14. The van der Waals surface area contributed by atoms with Gasteiger partial charge < -0.3 is 15.7 Å². The number of hydrogen-bond acceptors (Lipinski definition) is 6. The Morgan fingerprint density at radius 1 is 1.00 bits per heavy atom. The smallest absolute Gasteiger partial charge is 0.339 e. The molecule has 122 valence electrons. The van der Waals surface area contributed by atoms with Crippen molar-refractivity contribution >= 4 is 21.8 Å². The zero-order valence-corrected chi connectivity index (χ0v) is 13.2. The first-order chi connectivity index (χ1) is 10.9. The van der Waals surface area contributed by atoms with E-state index in [1.54, 1.807) is 54.6 Å². The quantitative estimate of drug-likeness (QED) is 0.606. The number of anilines is 1. The van der Waals surface area contributed by atoms with Crippen LogP contribution < -0.4 is 11.5 Å². The summed E-state index contributed by atoms with van der Waals surface area (Å²) in [7, 11) is -4.03. The van der Waals surface area contributed by atoms with E-state index in [0.717, 1.165) is 5.56 Å². The summed E-state index contributed by atoms with van der Waals surface area (Å²) in [6.07, 6.45) is 0.167. The van der Waals surface area contributed by atoms with Gasteiger partial charge >= 0.3 is 16.1 Å². The molecule has 0 unspecified atom stereocenters. The molecular formula is C16H18N2O4S. The molecule has 0 fully saturated rings. The lowest BCUT2D eigenvalue weighted by molar-refractivity contribution is -0.135. The Morgan fingerprint density at radius 3 is 2.22 bits per heavy atom. The van der Waals surface area contributed by atoms with Gasteiger partial charge in [0.1, 0.15) is 11.8 Å². The van der Waals surface area contributed by atoms with Gasteiger partial charge in [-0.1, -0.05) is 42.5 Å². The fraction of sp³-hybridized carbons (Fsp3) is 0.188. The summed E-state index contributed by atoms with van der Waals surface area (Å²) in [6, 6.07) is 14.2. The molecule has 1 atom stereocenters. The van der Waals surface area contributed by atoms with Crippen LogP contribution in [0.2, 0.25) is 0 Å². The molecule has 2 aromatic carbocycles. The van der Waals surface area contributed by atoms with Gasteiger partial charge in [-0.05, 0) is 29.7 Å². The molecule has 0 spiro atoms. The SMILES string of the molecule is Nc1ccc(C[C@H](N)C(=O)OS(=O)(=O)Cc2ccccc2)cc1. The highest BCUT2D eigenvalue weighted by atomic mass is 32.2. The first-order valence-electron chi connectivity index (χ1n) is 6.96. The molecule has 0 aliphatic heterocycles. The maximum atomic E-state index is 11.9. The minimum atomic E-state index is -4.03.